The molecule has 0 bridgehead atoms. The van der Waals surface area contributed by atoms with Crippen LogP contribution in [0.4, 0.5) is 4.39 Å². The van der Waals surface area contributed by atoms with Crippen LogP contribution in [-0.4, -0.2) is 31.4 Å². The Bertz CT molecular complexity index is 579. The van der Waals surface area contributed by atoms with Gasteiger partial charge in [0, 0.05) is 18.6 Å². The Balaban J connectivity index is 2.37. The normalized spacial score (nSPS) is 25.5. The molecule has 1 saturated heterocycles. The van der Waals surface area contributed by atoms with Crippen LogP contribution in [0.3, 0.4) is 0 Å². The lowest BCUT2D eigenvalue weighted by Gasteiger charge is -2.35. The first-order valence-corrected chi connectivity index (χ1v) is 7.86. The first-order valence-electron chi connectivity index (χ1n) is 6.05. The van der Waals surface area contributed by atoms with Crippen molar-refractivity contribution in [2.75, 3.05) is 6.54 Å². The Hall–Kier alpha value is -0.690. The largest absolute Gasteiger partial charge is 0.328 e. The van der Waals surface area contributed by atoms with Gasteiger partial charge >= 0.3 is 0 Å². The molecule has 4 nitrogen and oxygen atoms in total. The highest BCUT2D eigenvalue weighted by atomic mass is 35.5. The zero-order valence-corrected chi connectivity index (χ0v) is 12.1. The van der Waals surface area contributed by atoms with Gasteiger partial charge in [-0.3, -0.25) is 0 Å². The molecule has 1 aromatic carbocycles. The predicted molar refractivity (Wildman–Crippen MR) is 72.0 cm³/mol. The Labute approximate surface area is 117 Å². The van der Waals surface area contributed by atoms with Crippen molar-refractivity contribution in [3.63, 3.8) is 0 Å². The standard InChI is InChI=1S/C12H16ClFN2O2S/c1-8-6-10(15)4-5-16(8)19(17,18)12-3-2-9(14)7-11(12)13/h2-3,7-8,10H,4-6,15H2,1H3/t8-,10-/m1/s1. The minimum Gasteiger partial charge on any atom is -0.328 e. The zero-order valence-electron chi connectivity index (χ0n) is 10.5. The fraction of sp³-hybridized carbons (Fsp3) is 0.500. The molecule has 2 atom stereocenters. The van der Waals surface area contributed by atoms with E-state index in [0.29, 0.717) is 19.4 Å². The number of rotatable bonds is 2. The third kappa shape index (κ3) is 2.91. The lowest BCUT2D eigenvalue weighted by molar-refractivity contribution is 0.247. The van der Waals surface area contributed by atoms with E-state index in [1.54, 1.807) is 0 Å². The van der Waals surface area contributed by atoms with Crippen molar-refractivity contribution in [3.8, 4) is 0 Å². The molecule has 1 heterocycles. The molecule has 2 rings (SSSR count). The molecule has 19 heavy (non-hydrogen) atoms. The van der Waals surface area contributed by atoms with Crippen molar-refractivity contribution in [1.82, 2.24) is 4.31 Å². The molecule has 0 aromatic heterocycles. The third-order valence-electron chi connectivity index (χ3n) is 3.34. The molecule has 2 N–H and O–H groups in total. The van der Waals surface area contributed by atoms with E-state index in [9.17, 15) is 12.8 Å². The maximum Gasteiger partial charge on any atom is 0.244 e. The Morgan fingerprint density at radius 2 is 2.16 bits per heavy atom. The molecule has 1 aromatic rings. The van der Waals surface area contributed by atoms with Gasteiger partial charge in [-0.2, -0.15) is 4.31 Å². The van der Waals surface area contributed by atoms with Crippen LogP contribution in [0.5, 0.6) is 0 Å². The Morgan fingerprint density at radius 1 is 1.47 bits per heavy atom. The van der Waals surface area contributed by atoms with Gasteiger partial charge in [0.1, 0.15) is 10.7 Å². The molecule has 0 radical (unpaired) electrons. The second kappa shape index (κ2) is 5.36. The summed E-state index contributed by atoms with van der Waals surface area (Å²) in [6.45, 7) is 2.17. The van der Waals surface area contributed by atoms with Crippen molar-refractivity contribution in [3.05, 3.63) is 29.0 Å². The molecule has 0 spiro atoms. The predicted octanol–water partition coefficient (Wildman–Crippen LogP) is 1.98. The van der Waals surface area contributed by atoms with Crippen LogP contribution < -0.4 is 5.73 Å². The second-order valence-electron chi connectivity index (χ2n) is 4.82. The average molecular weight is 307 g/mol. The van der Waals surface area contributed by atoms with E-state index in [1.165, 1.54) is 10.4 Å². The number of nitrogens with zero attached hydrogens (tertiary/aromatic N) is 1. The lowest BCUT2D eigenvalue weighted by Crippen LogP contribution is -2.48. The summed E-state index contributed by atoms with van der Waals surface area (Å²) < 4.78 is 39.4. The van der Waals surface area contributed by atoms with Crippen LogP contribution >= 0.6 is 11.6 Å². The van der Waals surface area contributed by atoms with E-state index >= 15 is 0 Å². The van der Waals surface area contributed by atoms with Crippen molar-refractivity contribution in [1.29, 1.82) is 0 Å². The van der Waals surface area contributed by atoms with Crippen molar-refractivity contribution < 1.29 is 12.8 Å². The van der Waals surface area contributed by atoms with E-state index in [0.717, 1.165) is 12.1 Å². The van der Waals surface area contributed by atoms with E-state index in [1.807, 2.05) is 6.92 Å². The molecule has 1 aliphatic heterocycles. The summed E-state index contributed by atoms with van der Waals surface area (Å²) in [7, 11) is -3.70. The summed E-state index contributed by atoms with van der Waals surface area (Å²) in [6.07, 6.45) is 1.22. The number of halogens is 2. The first-order chi connectivity index (χ1) is 8.82. The molecule has 106 valence electrons. The van der Waals surface area contributed by atoms with Gasteiger partial charge < -0.3 is 5.73 Å². The Morgan fingerprint density at radius 3 is 2.74 bits per heavy atom. The van der Waals surface area contributed by atoms with Gasteiger partial charge in [0.25, 0.3) is 0 Å². The van der Waals surface area contributed by atoms with Crippen LogP contribution in [0.2, 0.25) is 5.02 Å². The summed E-state index contributed by atoms with van der Waals surface area (Å²) >= 11 is 5.84. The van der Waals surface area contributed by atoms with Crippen LogP contribution in [0.1, 0.15) is 19.8 Å². The van der Waals surface area contributed by atoms with E-state index in [4.69, 9.17) is 17.3 Å². The number of sulfonamides is 1. The molecule has 0 unspecified atom stereocenters. The molecule has 1 aliphatic rings. The topological polar surface area (TPSA) is 63.4 Å². The number of hydrogen-bond donors (Lipinski definition) is 1. The van der Waals surface area contributed by atoms with E-state index in [2.05, 4.69) is 0 Å². The summed E-state index contributed by atoms with van der Waals surface area (Å²) in [6, 6.07) is 3.14. The quantitative estimate of drug-likeness (QED) is 0.908. The molecule has 0 saturated carbocycles. The summed E-state index contributed by atoms with van der Waals surface area (Å²) in [5.41, 5.74) is 5.82. The maximum absolute atomic E-state index is 13.0. The summed E-state index contributed by atoms with van der Waals surface area (Å²) in [5, 5.41) is -0.0953. The fourth-order valence-corrected chi connectivity index (χ4v) is 4.52. The van der Waals surface area contributed by atoms with E-state index in [-0.39, 0.29) is 22.0 Å². The number of nitrogens with two attached hydrogens (primary N) is 1. The minimum absolute atomic E-state index is 0.0186. The zero-order chi connectivity index (χ0) is 14.2. The van der Waals surface area contributed by atoms with Gasteiger partial charge in [0.05, 0.1) is 5.02 Å². The number of piperidine rings is 1. The van der Waals surface area contributed by atoms with E-state index < -0.39 is 15.8 Å². The summed E-state index contributed by atoms with van der Waals surface area (Å²) in [4.78, 5) is -0.0575. The molecule has 7 heteroatoms. The highest BCUT2D eigenvalue weighted by Crippen LogP contribution is 2.29. The molecule has 0 amide bonds. The van der Waals surface area contributed by atoms with Gasteiger partial charge in [-0.25, -0.2) is 12.8 Å². The van der Waals surface area contributed by atoms with Gasteiger partial charge in [0.2, 0.25) is 10.0 Å². The SMILES string of the molecule is C[C@@H]1C[C@H](N)CCN1S(=O)(=O)c1ccc(F)cc1Cl. The van der Waals surface area contributed by atoms with Crippen LogP contribution in [0.25, 0.3) is 0 Å². The highest BCUT2D eigenvalue weighted by Gasteiger charge is 2.34. The molecular formula is C12H16ClFN2O2S. The second-order valence-corrected chi connectivity index (χ2v) is 7.09. The lowest BCUT2D eigenvalue weighted by atomic mass is 10.0. The minimum atomic E-state index is -3.70. The molecule has 0 aliphatic carbocycles. The van der Waals surface area contributed by atoms with Gasteiger partial charge in [-0.1, -0.05) is 11.6 Å². The Kier molecular flexibility index (Phi) is 4.15. The van der Waals surface area contributed by atoms with Gasteiger partial charge in [0.15, 0.2) is 0 Å². The van der Waals surface area contributed by atoms with Crippen LogP contribution in [0, 0.1) is 5.82 Å². The first kappa shape index (κ1) is 14.7. The smallest absolute Gasteiger partial charge is 0.244 e. The molecular weight excluding hydrogens is 291 g/mol. The molecule has 1 fully saturated rings. The van der Waals surface area contributed by atoms with Crippen molar-refractivity contribution in [2.45, 2.75) is 36.7 Å². The van der Waals surface area contributed by atoms with Crippen LogP contribution in [0.15, 0.2) is 23.1 Å². The van der Waals surface area contributed by atoms with Crippen LogP contribution in [-0.2, 0) is 10.0 Å². The summed E-state index contributed by atoms with van der Waals surface area (Å²) in [5.74, 6) is -0.558. The number of benzene rings is 1. The third-order valence-corrected chi connectivity index (χ3v) is 5.83. The highest BCUT2D eigenvalue weighted by molar-refractivity contribution is 7.89. The fourth-order valence-electron chi connectivity index (χ4n) is 2.35. The number of hydrogen-bond acceptors (Lipinski definition) is 3. The average Bonchev–Trinajstić information content (AvgIpc) is 2.27. The van der Waals surface area contributed by atoms with Crippen molar-refractivity contribution in [2.24, 2.45) is 5.73 Å². The van der Waals surface area contributed by atoms with Gasteiger partial charge in [-0.05, 0) is 38.0 Å². The van der Waals surface area contributed by atoms with Crippen molar-refractivity contribution >= 4 is 21.6 Å². The maximum atomic E-state index is 13.0. The van der Waals surface area contributed by atoms with Gasteiger partial charge in [-0.15, -0.1) is 0 Å². The monoisotopic (exact) mass is 306 g/mol.